The van der Waals surface area contributed by atoms with Crippen molar-refractivity contribution in [3.05, 3.63) is 41.6 Å². The van der Waals surface area contributed by atoms with E-state index >= 15 is 0 Å². The summed E-state index contributed by atoms with van der Waals surface area (Å²) in [5.74, 6) is -2.41. The van der Waals surface area contributed by atoms with Crippen molar-refractivity contribution in [1.82, 2.24) is 19.8 Å². The standard InChI is InChI=1S/C28H32N4O6/c1-3-30(4-2)28(37)18-13-20-19-7-5-8-21-27(19)17(15-29-21)14-22(20)31(16-18)23(33)9-6-10-26(36)38-32-24(34)11-12-25(32)35/h5,7-8,13,15,18,22,29H,3-4,6,9-12,14,16H2,1-2H3/t18?,22-/m1/s1. The molecule has 1 N–H and O–H groups in total. The minimum Gasteiger partial charge on any atom is -0.361 e. The van der Waals surface area contributed by atoms with E-state index in [2.05, 4.69) is 4.98 Å². The fraction of sp³-hybridized carbons (Fsp3) is 0.464. The SMILES string of the molecule is CCN(CC)C(=O)C1C=C2c3cccc4[nH]cc(c34)C[C@H]2N(C(=O)CCCC(=O)ON2C(=O)CCC2=O)C1. The third-order valence-electron chi connectivity index (χ3n) is 7.70. The number of aromatic nitrogens is 1. The fourth-order valence-electron chi connectivity index (χ4n) is 5.77. The third kappa shape index (κ3) is 4.59. The van der Waals surface area contributed by atoms with Gasteiger partial charge >= 0.3 is 5.97 Å². The van der Waals surface area contributed by atoms with Crippen LogP contribution in [0.1, 0.15) is 57.1 Å². The molecule has 2 aromatic rings. The molecule has 1 aliphatic carbocycles. The van der Waals surface area contributed by atoms with Crippen molar-refractivity contribution in [2.75, 3.05) is 19.6 Å². The van der Waals surface area contributed by atoms with Crippen LogP contribution in [0, 0.1) is 5.92 Å². The van der Waals surface area contributed by atoms with Crippen molar-refractivity contribution in [3.63, 3.8) is 0 Å². The molecular weight excluding hydrogens is 488 g/mol. The van der Waals surface area contributed by atoms with Gasteiger partial charge < -0.3 is 19.6 Å². The van der Waals surface area contributed by atoms with Crippen molar-refractivity contribution < 1.29 is 28.8 Å². The van der Waals surface area contributed by atoms with E-state index in [1.165, 1.54) is 0 Å². The summed E-state index contributed by atoms with van der Waals surface area (Å²) in [4.78, 5) is 74.3. The predicted molar refractivity (Wildman–Crippen MR) is 138 cm³/mol. The van der Waals surface area contributed by atoms with Gasteiger partial charge in [0.25, 0.3) is 11.8 Å². The number of fused-ring (bicyclic) bond motifs is 2. The summed E-state index contributed by atoms with van der Waals surface area (Å²) in [7, 11) is 0. The number of nitrogens with one attached hydrogen (secondary N) is 1. The van der Waals surface area contributed by atoms with Crippen LogP contribution in [0.2, 0.25) is 0 Å². The van der Waals surface area contributed by atoms with E-state index in [0.29, 0.717) is 24.6 Å². The number of hydrogen-bond acceptors (Lipinski definition) is 6. The maximum absolute atomic E-state index is 13.5. The Balaban J connectivity index is 1.34. The molecule has 0 bridgehead atoms. The highest BCUT2D eigenvalue weighted by molar-refractivity contribution is 6.02. The first-order chi connectivity index (χ1) is 18.3. The van der Waals surface area contributed by atoms with Gasteiger partial charge in [-0.3, -0.25) is 19.2 Å². The maximum Gasteiger partial charge on any atom is 0.333 e. The summed E-state index contributed by atoms with van der Waals surface area (Å²) in [6, 6.07) is 5.84. The highest BCUT2D eigenvalue weighted by Gasteiger charge is 2.40. The van der Waals surface area contributed by atoms with Crippen molar-refractivity contribution in [3.8, 4) is 0 Å². The first kappa shape index (κ1) is 25.7. The lowest BCUT2D eigenvalue weighted by molar-refractivity contribution is -0.197. The molecule has 0 saturated carbocycles. The van der Waals surface area contributed by atoms with Crippen LogP contribution < -0.4 is 0 Å². The Morgan fingerprint density at radius 1 is 1.08 bits per heavy atom. The van der Waals surface area contributed by atoms with Crippen LogP contribution in [0.25, 0.3) is 16.5 Å². The lowest BCUT2D eigenvalue weighted by atomic mass is 9.79. The molecule has 38 heavy (non-hydrogen) atoms. The quantitative estimate of drug-likeness (QED) is 0.535. The van der Waals surface area contributed by atoms with Crippen LogP contribution in [-0.2, 0) is 35.2 Å². The van der Waals surface area contributed by atoms with Crippen LogP contribution in [-0.4, -0.2) is 75.1 Å². The zero-order valence-corrected chi connectivity index (χ0v) is 21.7. The molecule has 10 heteroatoms. The number of hydroxylamine groups is 2. The van der Waals surface area contributed by atoms with Crippen LogP contribution in [0.3, 0.4) is 0 Å². The molecule has 1 fully saturated rings. The molecule has 1 unspecified atom stereocenters. The zero-order chi connectivity index (χ0) is 27.0. The third-order valence-corrected chi connectivity index (χ3v) is 7.70. The monoisotopic (exact) mass is 520 g/mol. The molecule has 0 radical (unpaired) electrons. The molecule has 1 saturated heterocycles. The van der Waals surface area contributed by atoms with E-state index in [9.17, 15) is 24.0 Å². The van der Waals surface area contributed by atoms with Crippen LogP contribution >= 0.6 is 0 Å². The Bertz CT molecular complexity index is 1320. The number of nitrogens with zero attached hydrogens (tertiary/aromatic N) is 3. The molecule has 3 heterocycles. The lowest BCUT2D eigenvalue weighted by Gasteiger charge is -2.42. The number of hydrogen-bond donors (Lipinski definition) is 1. The molecule has 3 aliphatic rings. The fourth-order valence-corrected chi connectivity index (χ4v) is 5.77. The van der Waals surface area contributed by atoms with E-state index in [4.69, 9.17) is 4.84 Å². The molecule has 1 aromatic heterocycles. The van der Waals surface area contributed by atoms with E-state index in [1.807, 2.05) is 44.3 Å². The second-order valence-electron chi connectivity index (χ2n) is 9.95. The van der Waals surface area contributed by atoms with Gasteiger partial charge in [0.05, 0.1) is 12.0 Å². The van der Waals surface area contributed by atoms with E-state index < -0.39 is 23.7 Å². The van der Waals surface area contributed by atoms with Gasteiger partial charge in [0.1, 0.15) is 0 Å². The van der Waals surface area contributed by atoms with Crippen LogP contribution in [0.15, 0.2) is 30.5 Å². The lowest BCUT2D eigenvalue weighted by Crippen LogP contribution is -2.51. The topological polar surface area (TPSA) is 120 Å². The Labute approximate surface area is 220 Å². The summed E-state index contributed by atoms with van der Waals surface area (Å²) in [5.41, 5.74) is 4.18. The predicted octanol–water partition coefficient (Wildman–Crippen LogP) is 2.58. The normalized spacial score (nSPS) is 20.4. The Morgan fingerprint density at radius 3 is 2.53 bits per heavy atom. The van der Waals surface area contributed by atoms with E-state index in [-0.39, 0.29) is 56.5 Å². The molecule has 0 spiro atoms. The first-order valence-electron chi connectivity index (χ1n) is 13.3. The highest BCUT2D eigenvalue weighted by atomic mass is 16.7. The molecule has 10 nitrogen and oxygen atoms in total. The van der Waals surface area contributed by atoms with Crippen LogP contribution in [0.4, 0.5) is 0 Å². The number of aromatic amines is 1. The molecule has 4 amide bonds. The molecular formula is C28H32N4O6. The first-order valence-corrected chi connectivity index (χ1v) is 13.3. The van der Waals surface area contributed by atoms with Crippen molar-refractivity contribution >= 4 is 46.1 Å². The van der Waals surface area contributed by atoms with Gasteiger partial charge in [0, 0.05) is 62.4 Å². The van der Waals surface area contributed by atoms with Gasteiger partial charge in [0.2, 0.25) is 11.8 Å². The summed E-state index contributed by atoms with van der Waals surface area (Å²) in [5, 5.41) is 1.65. The number of amides is 4. The maximum atomic E-state index is 13.5. The molecule has 2 aliphatic heterocycles. The Hall–Kier alpha value is -3.95. The summed E-state index contributed by atoms with van der Waals surface area (Å²) < 4.78 is 0. The zero-order valence-electron chi connectivity index (χ0n) is 21.7. The minimum atomic E-state index is -0.725. The Morgan fingerprint density at radius 2 is 1.82 bits per heavy atom. The second kappa shape index (κ2) is 10.4. The molecule has 2 atom stereocenters. The van der Waals surface area contributed by atoms with Crippen LogP contribution in [0.5, 0.6) is 0 Å². The number of carbonyl (C=O) groups excluding carboxylic acids is 5. The number of imide groups is 1. The Kier molecular flexibility index (Phi) is 7.05. The van der Waals surface area contributed by atoms with Crippen molar-refractivity contribution in [2.24, 2.45) is 5.92 Å². The van der Waals surface area contributed by atoms with Gasteiger partial charge in [-0.25, -0.2) is 4.79 Å². The van der Waals surface area contributed by atoms with Gasteiger partial charge in [-0.05, 0) is 49.5 Å². The number of benzene rings is 1. The summed E-state index contributed by atoms with van der Waals surface area (Å²) in [6.07, 6.45) is 4.91. The number of rotatable bonds is 8. The summed E-state index contributed by atoms with van der Waals surface area (Å²) >= 11 is 0. The number of carbonyl (C=O) groups is 5. The molecule has 5 rings (SSSR count). The van der Waals surface area contributed by atoms with Crippen molar-refractivity contribution in [2.45, 2.75) is 58.4 Å². The van der Waals surface area contributed by atoms with Gasteiger partial charge in [-0.2, -0.15) is 0 Å². The summed E-state index contributed by atoms with van der Waals surface area (Å²) in [6.45, 7) is 5.35. The van der Waals surface area contributed by atoms with Crippen molar-refractivity contribution in [1.29, 1.82) is 0 Å². The van der Waals surface area contributed by atoms with Gasteiger partial charge in [-0.1, -0.05) is 18.2 Å². The smallest absolute Gasteiger partial charge is 0.333 e. The minimum absolute atomic E-state index is 0.00526. The highest BCUT2D eigenvalue weighted by Crippen LogP contribution is 2.41. The van der Waals surface area contributed by atoms with E-state index in [0.717, 1.165) is 27.6 Å². The van der Waals surface area contributed by atoms with E-state index in [1.54, 1.807) is 9.80 Å². The number of H-pyrrole nitrogens is 1. The average Bonchev–Trinajstić information content (AvgIpc) is 3.47. The second-order valence-corrected chi connectivity index (χ2v) is 9.95. The molecule has 1 aromatic carbocycles. The molecule has 200 valence electrons. The largest absolute Gasteiger partial charge is 0.361 e. The average molecular weight is 521 g/mol. The van der Waals surface area contributed by atoms with Gasteiger partial charge in [-0.15, -0.1) is 5.06 Å². The van der Waals surface area contributed by atoms with Gasteiger partial charge in [0.15, 0.2) is 0 Å².